The summed E-state index contributed by atoms with van der Waals surface area (Å²) in [6, 6.07) is 4.90. The van der Waals surface area contributed by atoms with Crippen LogP contribution >= 0.6 is 11.5 Å². The second kappa shape index (κ2) is 6.22. The zero-order valence-electron chi connectivity index (χ0n) is 11.7. The topological polar surface area (TPSA) is 66.0 Å². The summed E-state index contributed by atoms with van der Waals surface area (Å²) in [7, 11) is 1.64. The van der Waals surface area contributed by atoms with Gasteiger partial charge in [0.05, 0.1) is 22.5 Å². The Bertz CT molecular complexity index is 684. The van der Waals surface area contributed by atoms with E-state index in [9.17, 15) is 18.0 Å². The Hall–Kier alpha value is -2.29. The smallest absolute Gasteiger partial charge is 0.378 e. The number of amides is 1. The average Bonchev–Trinajstić information content (AvgIpc) is 2.85. The first kappa shape index (κ1) is 16.1. The molecule has 1 aromatic carbocycles. The maximum atomic E-state index is 12.9. The Labute approximate surface area is 128 Å². The number of hydrazine groups is 1. The Kier molecular flexibility index (Phi) is 4.55. The molecule has 1 amide bonds. The first-order chi connectivity index (χ1) is 10.3. The van der Waals surface area contributed by atoms with Gasteiger partial charge in [-0.15, -0.1) is 0 Å². The van der Waals surface area contributed by atoms with Crippen molar-refractivity contribution in [1.29, 1.82) is 0 Å². The fourth-order valence-corrected chi connectivity index (χ4v) is 2.58. The third-order valence-corrected chi connectivity index (χ3v) is 3.82. The van der Waals surface area contributed by atoms with Crippen molar-refractivity contribution in [1.82, 2.24) is 9.80 Å². The molecular formula is C13H13F3N4OS. The van der Waals surface area contributed by atoms with Crippen LogP contribution in [0.5, 0.6) is 0 Å². The molecule has 0 unspecified atom stereocenters. The monoisotopic (exact) mass is 330 g/mol. The highest BCUT2D eigenvalue weighted by atomic mass is 32.1. The lowest BCUT2D eigenvalue weighted by Crippen LogP contribution is -2.31. The number of para-hydroxylation sites is 1. The van der Waals surface area contributed by atoms with Gasteiger partial charge in [0.15, 0.2) is 0 Å². The number of anilines is 2. The fraction of sp³-hybridized carbons (Fsp3) is 0.231. The Balaban J connectivity index is 2.17. The standard InChI is InChI=1S/C13H13F3N4OS/c1-7-10(12(17-2)22-20-7)11(21)19-18-9-6-4-3-5-8(9)13(14,15)16/h3-6,17-18H,1-2H3,(H,19,21). The summed E-state index contributed by atoms with van der Waals surface area (Å²) in [5.41, 5.74) is 4.29. The summed E-state index contributed by atoms with van der Waals surface area (Å²) in [6.07, 6.45) is -4.51. The van der Waals surface area contributed by atoms with Crippen molar-refractivity contribution in [2.24, 2.45) is 0 Å². The normalized spacial score (nSPS) is 11.1. The maximum Gasteiger partial charge on any atom is 0.418 e. The minimum atomic E-state index is -4.51. The van der Waals surface area contributed by atoms with Crippen molar-refractivity contribution >= 4 is 28.1 Å². The van der Waals surface area contributed by atoms with E-state index in [1.54, 1.807) is 14.0 Å². The molecule has 1 heterocycles. The summed E-state index contributed by atoms with van der Waals surface area (Å²) in [5.74, 6) is -0.562. The summed E-state index contributed by atoms with van der Waals surface area (Å²) in [6.45, 7) is 1.65. The summed E-state index contributed by atoms with van der Waals surface area (Å²) >= 11 is 1.10. The van der Waals surface area contributed by atoms with E-state index >= 15 is 0 Å². The molecule has 22 heavy (non-hydrogen) atoms. The second-order valence-corrected chi connectivity index (χ2v) is 5.12. The lowest BCUT2D eigenvalue weighted by atomic mass is 10.2. The van der Waals surface area contributed by atoms with Gasteiger partial charge >= 0.3 is 6.18 Å². The minimum Gasteiger partial charge on any atom is -0.378 e. The molecule has 0 radical (unpaired) electrons. The van der Waals surface area contributed by atoms with Crippen molar-refractivity contribution in [3.05, 3.63) is 41.1 Å². The first-order valence-corrected chi connectivity index (χ1v) is 6.98. The van der Waals surface area contributed by atoms with Gasteiger partial charge in [-0.1, -0.05) is 12.1 Å². The highest BCUT2D eigenvalue weighted by Crippen LogP contribution is 2.34. The fourth-order valence-electron chi connectivity index (χ4n) is 1.83. The number of nitrogens with one attached hydrogen (secondary N) is 3. The molecule has 0 spiro atoms. The quantitative estimate of drug-likeness (QED) is 0.753. The molecule has 0 saturated heterocycles. The van der Waals surface area contributed by atoms with Gasteiger partial charge in [0, 0.05) is 7.05 Å². The molecule has 5 nitrogen and oxygen atoms in total. The Morgan fingerprint density at radius 2 is 1.95 bits per heavy atom. The van der Waals surface area contributed by atoms with Gasteiger partial charge in [-0.3, -0.25) is 15.6 Å². The molecule has 2 aromatic rings. The van der Waals surface area contributed by atoms with Gasteiger partial charge < -0.3 is 5.32 Å². The number of hydrogen-bond donors (Lipinski definition) is 3. The molecule has 0 fully saturated rings. The highest BCUT2D eigenvalue weighted by Gasteiger charge is 2.33. The zero-order chi connectivity index (χ0) is 16.3. The van der Waals surface area contributed by atoms with E-state index in [1.165, 1.54) is 18.2 Å². The largest absolute Gasteiger partial charge is 0.418 e. The average molecular weight is 330 g/mol. The number of aryl methyl sites for hydroxylation is 1. The molecule has 9 heteroatoms. The van der Waals surface area contributed by atoms with Crippen LogP contribution in [-0.2, 0) is 6.18 Å². The number of aromatic nitrogens is 1. The van der Waals surface area contributed by atoms with E-state index in [-0.39, 0.29) is 5.69 Å². The number of rotatable bonds is 4. The summed E-state index contributed by atoms with van der Waals surface area (Å²) in [5, 5.41) is 3.36. The molecule has 0 atom stereocenters. The molecule has 0 saturated carbocycles. The van der Waals surface area contributed by atoms with Crippen molar-refractivity contribution in [2.45, 2.75) is 13.1 Å². The van der Waals surface area contributed by atoms with Crippen molar-refractivity contribution in [3.63, 3.8) is 0 Å². The number of carbonyl (C=O) groups is 1. The second-order valence-electron chi connectivity index (χ2n) is 4.34. The number of alkyl halides is 3. The van der Waals surface area contributed by atoms with Crippen molar-refractivity contribution < 1.29 is 18.0 Å². The molecule has 3 N–H and O–H groups in total. The first-order valence-electron chi connectivity index (χ1n) is 6.21. The molecule has 118 valence electrons. The molecule has 0 aliphatic heterocycles. The molecule has 0 bridgehead atoms. The minimum absolute atomic E-state index is 0.227. The predicted octanol–water partition coefficient (Wildman–Crippen LogP) is 3.27. The van der Waals surface area contributed by atoms with E-state index < -0.39 is 17.6 Å². The van der Waals surface area contributed by atoms with Crippen LogP contribution in [0, 0.1) is 6.92 Å². The zero-order valence-corrected chi connectivity index (χ0v) is 12.5. The van der Waals surface area contributed by atoms with Gasteiger partial charge in [-0.05, 0) is 30.6 Å². The number of benzene rings is 1. The van der Waals surface area contributed by atoms with Crippen LogP contribution in [0.25, 0.3) is 0 Å². The summed E-state index contributed by atoms with van der Waals surface area (Å²) < 4.78 is 42.6. The number of hydrogen-bond acceptors (Lipinski definition) is 5. The SMILES string of the molecule is CNc1snc(C)c1C(=O)NNc1ccccc1C(F)(F)F. The number of carbonyl (C=O) groups excluding carboxylic acids is 1. The molecular weight excluding hydrogens is 317 g/mol. The Morgan fingerprint density at radius 1 is 1.27 bits per heavy atom. The third kappa shape index (κ3) is 3.30. The lowest BCUT2D eigenvalue weighted by Gasteiger charge is -2.15. The van der Waals surface area contributed by atoms with E-state index in [2.05, 4.69) is 20.5 Å². The van der Waals surface area contributed by atoms with Crippen LogP contribution in [-0.4, -0.2) is 17.3 Å². The van der Waals surface area contributed by atoms with Crippen molar-refractivity contribution in [2.75, 3.05) is 17.8 Å². The van der Waals surface area contributed by atoms with Gasteiger partial charge in [-0.25, -0.2) is 0 Å². The van der Waals surface area contributed by atoms with E-state index in [0.29, 0.717) is 16.3 Å². The molecule has 0 aliphatic carbocycles. The van der Waals surface area contributed by atoms with E-state index in [0.717, 1.165) is 17.6 Å². The van der Waals surface area contributed by atoms with Gasteiger partial charge in [0.25, 0.3) is 5.91 Å². The molecule has 1 aromatic heterocycles. The Morgan fingerprint density at radius 3 is 2.59 bits per heavy atom. The van der Waals surface area contributed by atoms with Crippen LogP contribution in [0.15, 0.2) is 24.3 Å². The predicted molar refractivity (Wildman–Crippen MR) is 78.9 cm³/mol. The van der Waals surface area contributed by atoms with Gasteiger partial charge in [0.1, 0.15) is 5.00 Å². The van der Waals surface area contributed by atoms with Crippen LogP contribution in [0.2, 0.25) is 0 Å². The summed E-state index contributed by atoms with van der Waals surface area (Å²) in [4.78, 5) is 12.1. The maximum absolute atomic E-state index is 12.9. The number of nitrogens with zero attached hydrogens (tertiary/aromatic N) is 1. The lowest BCUT2D eigenvalue weighted by molar-refractivity contribution is -0.137. The number of halogens is 3. The van der Waals surface area contributed by atoms with Gasteiger partial charge in [0.2, 0.25) is 0 Å². The molecule has 0 aliphatic rings. The van der Waals surface area contributed by atoms with Crippen LogP contribution in [0.3, 0.4) is 0 Å². The highest BCUT2D eigenvalue weighted by molar-refractivity contribution is 7.10. The molecule has 2 rings (SSSR count). The van der Waals surface area contributed by atoms with Crippen LogP contribution in [0.1, 0.15) is 21.6 Å². The van der Waals surface area contributed by atoms with Crippen molar-refractivity contribution in [3.8, 4) is 0 Å². The third-order valence-electron chi connectivity index (χ3n) is 2.86. The van der Waals surface area contributed by atoms with Gasteiger partial charge in [-0.2, -0.15) is 17.5 Å². The van der Waals surface area contributed by atoms with Crippen LogP contribution < -0.4 is 16.2 Å². The van der Waals surface area contributed by atoms with Crippen LogP contribution in [0.4, 0.5) is 23.9 Å². The van der Waals surface area contributed by atoms with E-state index in [4.69, 9.17) is 0 Å². The van der Waals surface area contributed by atoms with E-state index in [1.807, 2.05) is 0 Å².